The van der Waals surface area contributed by atoms with E-state index in [0.717, 1.165) is 11.1 Å². The number of urea groups is 1. The predicted octanol–water partition coefficient (Wildman–Crippen LogP) is 2.10. The van der Waals surface area contributed by atoms with Crippen LogP contribution in [0.5, 0.6) is 0 Å². The lowest BCUT2D eigenvalue weighted by Gasteiger charge is -2.33. The third kappa shape index (κ3) is 4.30. The average Bonchev–Trinajstić information content (AvgIpc) is 3.02. The van der Waals surface area contributed by atoms with Gasteiger partial charge in [0.05, 0.1) is 26.1 Å². The summed E-state index contributed by atoms with van der Waals surface area (Å²) in [6.45, 7) is 1.55. The molecule has 4 rings (SSSR count). The summed E-state index contributed by atoms with van der Waals surface area (Å²) in [5.74, 6) is -0.519. The van der Waals surface area contributed by atoms with Crippen LogP contribution in [0.1, 0.15) is 23.7 Å². The SMILES string of the molecule is O=C(C[C@@H]1NC(=O)N(Cc2ccccc2)C1=O)N1CCO[C@H](c2ccccc2)C1. The van der Waals surface area contributed by atoms with Crippen molar-refractivity contribution in [2.24, 2.45) is 0 Å². The second-order valence-electron chi connectivity index (χ2n) is 7.23. The maximum absolute atomic E-state index is 12.8. The highest BCUT2D eigenvalue weighted by Crippen LogP contribution is 2.23. The summed E-state index contributed by atoms with van der Waals surface area (Å²) in [4.78, 5) is 40.6. The second-order valence-corrected chi connectivity index (χ2v) is 7.23. The van der Waals surface area contributed by atoms with E-state index in [2.05, 4.69) is 5.32 Å². The number of ether oxygens (including phenoxy) is 1. The Hall–Kier alpha value is -3.19. The number of benzene rings is 2. The zero-order chi connectivity index (χ0) is 20.2. The summed E-state index contributed by atoms with van der Waals surface area (Å²) in [5.41, 5.74) is 1.88. The number of hydrogen-bond donors (Lipinski definition) is 1. The molecule has 7 heteroatoms. The molecule has 2 fully saturated rings. The van der Waals surface area contributed by atoms with Crippen LogP contribution in [-0.4, -0.2) is 53.4 Å². The highest BCUT2D eigenvalue weighted by Gasteiger charge is 2.40. The minimum atomic E-state index is -0.822. The lowest BCUT2D eigenvalue weighted by Crippen LogP contribution is -2.45. The van der Waals surface area contributed by atoms with Crippen molar-refractivity contribution in [3.05, 3.63) is 71.8 Å². The Bertz CT molecular complexity index is 887. The van der Waals surface area contributed by atoms with Crippen LogP contribution >= 0.6 is 0 Å². The van der Waals surface area contributed by atoms with Gasteiger partial charge in [0.2, 0.25) is 5.91 Å². The zero-order valence-corrected chi connectivity index (χ0v) is 16.0. The molecule has 2 atom stereocenters. The standard InChI is InChI=1S/C22H23N3O4/c26-20(24-11-12-29-19(15-24)17-9-5-2-6-10-17)13-18-21(27)25(22(28)23-18)14-16-7-3-1-4-8-16/h1-10,18-19H,11-15H2,(H,23,28)/t18-,19-/m0/s1. The Morgan fingerprint density at radius 3 is 2.45 bits per heavy atom. The summed E-state index contributed by atoms with van der Waals surface area (Å²) in [6.07, 6.45) is -0.227. The van der Waals surface area contributed by atoms with Gasteiger partial charge in [0.15, 0.2) is 0 Å². The highest BCUT2D eigenvalue weighted by molar-refractivity contribution is 6.05. The van der Waals surface area contributed by atoms with Crippen LogP contribution in [0.15, 0.2) is 60.7 Å². The number of morpholine rings is 1. The van der Waals surface area contributed by atoms with Crippen LogP contribution in [0, 0.1) is 0 Å². The Morgan fingerprint density at radius 1 is 1.03 bits per heavy atom. The summed E-state index contributed by atoms with van der Waals surface area (Å²) in [5, 5.41) is 2.65. The van der Waals surface area contributed by atoms with Crippen molar-refractivity contribution in [3.8, 4) is 0 Å². The van der Waals surface area contributed by atoms with Gasteiger partial charge in [-0.05, 0) is 11.1 Å². The zero-order valence-electron chi connectivity index (χ0n) is 16.0. The van der Waals surface area contributed by atoms with Crippen molar-refractivity contribution in [1.29, 1.82) is 0 Å². The van der Waals surface area contributed by atoms with Gasteiger partial charge in [-0.25, -0.2) is 4.79 Å². The van der Waals surface area contributed by atoms with Crippen molar-refractivity contribution < 1.29 is 19.1 Å². The third-order valence-corrected chi connectivity index (χ3v) is 5.26. The first-order chi connectivity index (χ1) is 14.1. The van der Waals surface area contributed by atoms with Gasteiger partial charge in [-0.3, -0.25) is 14.5 Å². The molecule has 2 aliphatic heterocycles. The van der Waals surface area contributed by atoms with E-state index in [1.807, 2.05) is 60.7 Å². The minimum absolute atomic E-state index is 0.0443. The minimum Gasteiger partial charge on any atom is -0.370 e. The maximum Gasteiger partial charge on any atom is 0.325 e. The Kier molecular flexibility index (Phi) is 5.57. The number of imide groups is 1. The van der Waals surface area contributed by atoms with Crippen molar-refractivity contribution >= 4 is 17.8 Å². The van der Waals surface area contributed by atoms with Gasteiger partial charge in [-0.2, -0.15) is 0 Å². The van der Waals surface area contributed by atoms with Crippen LogP contribution in [0.2, 0.25) is 0 Å². The Labute approximate surface area is 169 Å². The first-order valence-electron chi connectivity index (χ1n) is 9.72. The number of carbonyl (C=O) groups is 3. The van der Waals surface area contributed by atoms with E-state index in [4.69, 9.17) is 4.74 Å². The molecule has 0 aromatic heterocycles. The fourth-order valence-corrected chi connectivity index (χ4v) is 3.68. The molecule has 0 unspecified atom stereocenters. The quantitative estimate of drug-likeness (QED) is 0.789. The fourth-order valence-electron chi connectivity index (χ4n) is 3.68. The fraction of sp³-hybridized carbons (Fsp3) is 0.318. The molecule has 2 aliphatic rings. The van der Waals surface area contributed by atoms with E-state index in [-0.39, 0.29) is 30.9 Å². The highest BCUT2D eigenvalue weighted by atomic mass is 16.5. The van der Waals surface area contributed by atoms with E-state index in [9.17, 15) is 14.4 Å². The molecular weight excluding hydrogens is 370 g/mol. The molecule has 2 aromatic rings. The topological polar surface area (TPSA) is 79.0 Å². The lowest BCUT2D eigenvalue weighted by atomic mass is 10.1. The molecular formula is C22H23N3O4. The van der Waals surface area contributed by atoms with E-state index in [1.165, 1.54) is 4.90 Å². The van der Waals surface area contributed by atoms with Crippen molar-refractivity contribution in [3.63, 3.8) is 0 Å². The van der Waals surface area contributed by atoms with Crippen LogP contribution in [-0.2, 0) is 20.9 Å². The molecule has 2 saturated heterocycles. The van der Waals surface area contributed by atoms with E-state index in [0.29, 0.717) is 19.7 Å². The summed E-state index contributed by atoms with van der Waals surface area (Å²) >= 11 is 0. The first-order valence-corrected chi connectivity index (χ1v) is 9.72. The van der Waals surface area contributed by atoms with Crippen LogP contribution in [0.25, 0.3) is 0 Å². The second kappa shape index (κ2) is 8.45. The van der Waals surface area contributed by atoms with E-state index < -0.39 is 12.1 Å². The van der Waals surface area contributed by atoms with Crippen LogP contribution in [0.3, 0.4) is 0 Å². The van der Waals surface area contributed by atoms with Crippen molar-refractivity contribution in [1.82, 2.24) is 15.1 Å². The van der Waals surface area contributed by atoms with E-state index in [1.54, 1.807) is 4.90 Å². The van der Waals surface area contributed by atoms with Crippen molar-refractivity contribution in [2.75, 3.05) is 19.7 Å². The molecule has 0 bridgehead atoms. The Morgan fingerprint density at radius 2 is 1.72 bits per heavy atom. The van der Waals surface area contributed by atoms with E-state index >= 15 is 0 Å². The third-order valence-electron chi connectivity index (χ3n) is 5.26. The molecule has 2 aromatic carbocycles. The van der Waals surface area contributed by atoms with Gasteiger partial charge >= 0.3 is 6.03 Å². The normalized spacial score (nSPS) is 21.9. The number of nitrogens with zero attached hydrogens (tertiary/aromatic N) is 2. The summed E-state index contributed by atoms with van der Waals surface area (Å²) < 4.78 is 5.80. The molecule has 0 aliphatic carbocycles. The molecule has 0 spiro atoms. The molecule has 7 nitrogen and oxygen atoms in total. The maximum atomic E-state index is 12.8. The molecule has 0 radical (unpaired) electrons. The largest absolute Gasteiger partial charge is 0.370 e. The Balaban J connectivity index is 1.37. The molecule has 150 valence electrons. The van der Waals surface area contributed by atoms with Crippen molar-refractivity contribution in [2.45, 2.75) is 25.1 Å². The first kappa shape index (κ1) is 19.1. The molecule has 4 amide bonds. The van der Waals surface area contributed by atoms with Gasteiger partial charge < -0.3 is 15.0 Å². The van der Waals surface area contributed by atoms with Gasteiger partial charge in [-0.1, -0.05) is 60.7 Å². The predicted molar refractivity (Wildman–Crippen MR) is 106 cm³/mol. The van der Waals surface area contributed by atoms with Gasteiger partial charge in [0.25, 0.3) is 5.91 Å². The smallest absolute Gasteiger partial charge is 0.325 e. The number of hydrogen-bond acceptors (Lipinski definition) is 4. The van der Waals surface area contributed by atoms with Gasteiger partial charge in [-0.15, -0.1) is 0 Å². The molecule has 2 heterocycles. The number of carbonyl (C=O) groups excluding carboxylic acids is 3. The molecule has 1 N–H and O–H groups in total. The molecule has 29 heavy (non-hydrogen) atoms. The van der Waals surface area contributed by atoms with Gasteiger partial charge in [0.1, 0.15) is 12.1 Å². The molecule has 0 saturated carbocycles. The van der Waals surface area contributed by atoms with Gasteiger partial charge in [0, 0.05) is 6.54 Å². The average molecular weight is 393 g/mol. The monoisotopic (exact) mass is 393 g/mol. The van der Waals surface area contributed by atoms with Crippen LogP contribution < -0.4 is 5.32 Å². The lowest BCUT2D eigenvalue weighted by molar-refractivity contribution is -0.141. The summed E-state index contributed by atoms with van der Waals surface area (Å²) in [6, 6.07) is 17.8. The number of nitrogens with one attached hydrogen (secondary N) is 1. The number of amides is 4. The number of rotatable bonds is 5. The van der Waals surface area contributed by atoms with Crippen LogP contribution in [0.4, 0.5) is 4.79 Å². The summed E-state index contributed by atoms with van der Waals surface area (Å²) in [7, 11) is 0.